The van der Waals surface area contributed by atoms with Crippen molar-refractivity contribution in [3.63, 3.8) is 0 Å². The average Bonchev–Trinajstić information content (AvgIpc) is 2.67. The third kappa shape index (κ3) is 4.43. The second kappa shape index (κ2) is 8.05. The first-order valence-electron chi connectivity index (χ1n) is 8.27. The molecule has 0 radical (unpaired) electrons. The van der Waals surface area contributed by atoms with Crippen molar-refractivity contribution in [1.29, 1.82) is 0 Å². The quantitative estimate of drug-likeness (QED) is 0.398. The highest BCUT2D eigenvalue weighted by Crippen LogP contribution is 2.28. The van der Waals surface area contributed by atoms with E-state index in [9.17, 15) is 19.8 Å². The van der Waals surface area contributed by atoms with Gasteiger partial charge in [-0.15, -0.1) is 0 Å². The maximum Gasteiger partial charge on any atom is 0.259 e. The predicted octanol–water partition coefficient (Wildman–Crippen LogP) is 3.51. The van der Waals surface area contributed by atoms with E-state index in [1.165, 1.54) is 18.2 Å². The molecule has 4 N–H and O–H groups in total. The second-order valence-corrected chi connectivity index (χ2v) is 5.96. The van der Waals surface area contributed by atoms with Crippen molar-refractivity contribution in [2.75, 3.05) is 10.6 Å². The fourth-order valence-corrected chi connectivity index (χ4v) is 2.64. The van der Waals surface area contributed by atoms with E-state index in [4.69, 9.17) is 0 Å². The monoisotopic (exact) mass is 362 g/mol. The molecule has 6 nitrogen and oxygen atoms in total. The van der Waals surface area contributed by atoms with Gasteiger partial charge in [0.2, 0.25) is 6.41 Å². The number of hydrogen-bond acceptors (Lipinski definition) is 4. The van der Waals surface area contributed by atoms with Gasteiger partial charge in [-0.1, -0.05) is 30.3 Å². The molecule has 0 heterocycles. The maximum atomic E-state index is 12.2. The van der Waals surface area contributed by atoms with Gasteiger partial charge < -0.3 is 20.8 Å². The Labute approximate surface area is 156 Å². The van der Waals surface area contributed by atoms with Gasteiger partial charge in [0.05, 0.1) is 5.56 Å². The predicted molar refractivity (Wildman–Crippen MR) is 103 cm³/mol. The van der Waals surface area contributed by atoms with Crippen molar-refractivity contribution in [1.82, 2.24) is 0 Å². The van der Waals surface area contributed by atoms with Crippen LogP contribution in [0.2, 0.25) is 0 Å². The molecular weight excluding hydrogens is 344 g/mol. The van der Waals surface area contributed by atoms with Crippen molar-refractivity contribution < 1.29 is 19.8 Å². The number of anilines is 2. The normalized spacial score (nSPS) is 10.2. The van der Waals surface area contributed by atoms with Gasteiger partial charge in [-0.05, 0) is 53.9 Å². The first kappa shape index (κ1) is 18.0. The zero-order chi connectivity index (χ0) is 19.2. The van der Waals surface area contributed by atoms with Crippen molar-refractivity contribution in [2.24, 2.45) is 0 Å². The molecule has 0 atom stereocenters. The third-order valence-electron chi connectivity index (χ3n) is 4.06. The van der Waals surface area contributed by atoms with E-state index < -0.39 is 11.7 Å². The Balaban J connectivity index is 1.65. The van der Waals surface area contributed by atoms with Gasteiger partial charge in [-0.2, -0.15) is 0 Å². The molecule has 0 aliphatic carbocycles. The summed E-state index contributed by atoms with van der Waals surface area (Å²) >= 11 is 0. The van der Waals surface area contributed by atoms with E-state index >= 15 is 0 Å². The second-order valence-electron chi connectivity index (χ2n) is 5.96. The van der Waals surface area contributed by atoms with Crippen LogP contribution in [0.5, 0.6) is 11.5 Å². The lowest BCUT2D eigenvalue weighted by molar-refractivity contribution is -0.105. The molecule has 0 aliphatic heterocycles. The lowest BCUT2D eigenvalue weighted by atomic mass is 10.0. The Morgan fingerprint density at radius 2 is 1.44 bits per heavy atom. The number of hydrogen-bond donors (Lipinski definition) is 4. The Morgan fingerprint density at radius 3 is 2.04 bits per heavy atom. The number of nitrogens with one attached hydrogen (secondary N) is 2. The average molecular weight is 362 g/mol. The molecule has 0 saturated carbocycles. The number of phenols is 2. The fraction of sp³-hybridized carbons (Fsp3) is 0.0476. The van der Waals surface area contributed by atoms with Crippen molar-refractivity contribution in [3.8, 4) is 11.5 Å². The molecule has 136 valence electrons. The van der Waals surface area contributed by atoms with Crippen LogP contribution in [0.3, 0.4) is 0 Å². The van der Waals surface area contributed by atoms with Gasteiger partial charge in [0, 0.05) is 11.4 Å². The minimum Gasteiger partial charge on any atom is -0.504 e. The van der Waals surface area contributed by atoms with E-state index in [2.05, 4.69) is 10.6 Å². The lowest BCUT2D eigenvalue weighted by Crippen LogP contribution is -2.12. The minimum absolute atomic E-state index is 0.00287. The highest BCUT2D eigenvalue weighted by Gasteiger charge is 2.14. The molecule has 2 amide bonds. The summed E-state index contributed by atoms with van der Waals surface area (Å²) in [4.78, 5) is 22.7. The van der Waals surface area contributed by atoms with E-state index in [-0.39, 0.29) is 11.3 Å². The summed E-state index contributed by atoms with van der Waals surface area (Å²) in [5.74, 6) is -1.29. The van der Waals surface area contributed by atoms with Crippen molar-refractivity contribution in [3.05, 3.63) is 83.4 Å². The lowest BCUT2D eigenvalue weighted by Gasteiger charge is -2.09. The van der Waals surface area contributed by atoms with Gasteiger partial charge in [0.25, 0.3) is 5.91 Å². The third-order valence-corrected chi connectivity index (χ3v) is 4.06. The van der Waals surface area contributed by atoms with E-state index in [1.54, 1.807) is 12.1 Å². The number of rotatable bonds is 6. The number of phenolic OH excluding ortho intramolecular Hbond substituents is 2. The Hall–Kier alpha value is -3.80. The number of aromatic hydroxyl groups is 2. The Morgan fingerprint density at radius 1 is 0.852 bits per heavy atom. The molecule has 3 aromatic carbocycles. The number of carbonyl (C=O) groups excluding carboxylic acids is 2. The molecule has 3 rings (SSSR count). The molecule has 0 fully saturated rings. The summed E-state index contributed by atoms with van der Waals surface area (Å²) in [6.45, 7) is 0. The molecule has 0 aliphatic rings. The molecule has 27 heavy (non-hydrogen) atoms. The molecule has 0 aromatic heterocycles. The summed E-state index contributed by atoms with van der Waals surface area (Å²) < 4.78 is 0. The van der Waals surface area contributed by atoms with Crippen LogP contribution in [0, 0.1) is 0 Å². The van der Waals surface area contributed by atoms with Crippen LogP contribution >= 0.6 is 0 Å². The molecular formula is C21H18N2O4. The highest BCUT2D eigenvalue weighted by atomic mass is 16.3. The first-order valence-corrected chi connectivity index (χ1v) is 8.27. The molecule has 6 heteroatoms. The zero-order valence-electron chi connectivity index (χ0n) is 14.3. The molecule has 0 saturated heterocycles. The largest absolute Gasteiger partial charge is 0.504 e. The van der Waals surface area contributed by atoms with Gasteiger partial charge in [-0.3, -0.25) is 9.59 Å². The topological polar surface area (TPSA) is 98.7 Å². The highest BCUT2D eigenvalue weighted by molar-refractivity contribution is 6.06. The van der Waals surface area contributed by atoms with Gasteiger partial charge >= 0.3 is 0 Å². The Bertz CT molecular complexity index is 951. The Kier molecular flexibility index (Phi) is 5.37. The SMILES string of the molecule is O=CNc1ccc(Cc2ccc(NC(=O)c3cccc(O)c3O)cc2)cc1. The smallest absolute Gasteiger partial charge is 0.259 e. The summed E-state index contributed by atoms with van der Waals surface area (Å²) in [7, 11) is 0. The summed E-state index contributed by atoms with van der Waals surface area (Å²) in [6, 6.07) is 19.1. The standard InChI is InChI=1S/C21H18N2O4/c24-13-22-16-8-4-14(5-9-16)12-15-6-10-17(11-7-15)23-21(27)18-2-1-3-19(25)20(18)26/h1-11,13,25-26H,12H2,(H,22,24)(H,23,27). The summed E-state index contributed by atoms with van der Waals surface area (Å²) in [5.41, 5.74) is 3.47. The minimum atomic E-state index is -0.505. The van der Waals surface area contributed by atoms with Gasteiger partial charge in [0.1, 0.15) is 0 Å². The number of carbonyl (C=O) groups is 2. The fourth-order valence-electron chi connectivity index (χ4n) is 2.64. The summed E-state index contributed by atoms with van der Waals surface area (Å²) in [5, 5.41) is 24.5. The van der Waals surface area contributed by atoms with Gasteiger partial charge in [0.15, 0.2) is 11.5 Å². The number of benzene rings is 3. The molecule has 0 unspecified atom stereocenters. The van der Waals surface area contributed by atoms with E-state index in [1.807, 2.05) is 36.4 Å². The maximum absolute atomic E-state index is 12.2. The first-order chi connectivity index (χ1) is 13.1. The van der Waals surface area contributed by atoms with Crippen molar-refractivity contribution >= 4 is 23.7 Å². The van der Waals surface area contributed by atoms with Crippen LogP contribution in [0.25, 0.3) is 0 Å². The van der Waals surface area contributed by atoms with E-state index in [0.29, 0.717) is 18.5 Å². The van der Waals surface area contributed by atoms with Crippen LogP contribution in [0.15, 0.2) is 66.7 Å². The van der Waals surface area contributed by atoms with Crippen LogP contribution in [0.4, 0.5) is 11.4 Å². The van der Waals surface area contributed by atoms with Crippen LogP contribution in [-0.2, 0) is 11.2 Å². The van der Waals surface area contributed by atoms with Crippen LogP contribution in [0.1, 0.15) is 21.5 Å². The summed E-state index contributed by atoms with van der Waals surface area (Å²) in [6.07, 6.45) is 1.35. The molecule has 0 spiro atoms. The van der Waals surface area contributed by atoms with Crippen LogP contribution in [-0.4, -0.2) is 22.5 Å². The van der Waals surface area contributed by atoms with Gasteiger partial charge in [-0.25, -0.2) is 0 Å². The van der Waals surface area contributed by atoms with Crippen molar-refractivity contribution in [2.45, 2.75) is 6.42 Å². The zero-order valence-corrected chi connectivity index (χ0v) is 14.3. The van der Waals surface area contributed by atoms with Crippen LogP contribution < -0.4 is 10.6 Å². The number of amides is 2. The molecule has 3 aromatic rings. The number of para-hydroxylation sites is 1. The van der Waals surface area contributed by atoms with E-state index in [0.717, 1.165) is 16.8 Å². The molecule has 0 bridgehead atoms.